The minimum atomic E-state index is -4.50. The van der Waals surface area contributed by atoms with E-state index >= 15 is 0 Å². The van der Waals surface area contributed by atoms with E-state index in [1.807, 2.05) is 0 Å². The van der Waals surface area contributed by atoms with Crippen molar-refractivity contribution in [2.45, 2.75) is 24.9 Å². The van der Waals surface area contributed by atoms with E-state index in [9.17, 15) is 31.2 Å². The first-order chi connectivity index (χ1) is 12.9. The molecule has 1 aliphatic rings. The Morgan fingerprint density at radius 3 is 2.50 bits per heavy atom. The molecular formula is C15H22F3N5O4S. The monoisotopic (exact) mass is 425 g/mol. The number of alkyl halides is 3. The highest BCUT2D eigenvalue weighted by Gasteiger charge is 2.30. The number of likely N-dealkylation sites (N-methyl/N-ethyl adjacent to an activating group) is 1. The van der Waals surface area contributed by atoms with Crippen LogP contribution in [0, 0.1) is 0 Å². The first-order valence-corrected chi connectivity index (χ1v) is 10.3. The van der Waals surface area contributed by atoms with Crippen molar-refractivity contribution >= 4 is 21.8 Å². The predicted octanol–water partition coefficient (Wildman–Crippen LogP) is 0.299. The number of nitrogens with zero attached hydrogens (tertiary/aromatic N) is 3. The van der Waals surface area contributed by atoms with Crippen LogP contribution in [0.3, 0.4) is 0 Å². The number of sulfonamides is 1. The smallest absolute Gasteiger partial charge is 0.342 e. The first kappa shape index (κ1) is 22.1. The topological polar surface area (TPSA) is 115 Å². The molecule has 0 radical (unpaired) electrons. The van der Waals surface area contributed by atoms with Gasteiger partial charge in [-0.25, -0.2) is 8.42 Å². The molecule has 1 aliphatic heterocycles. The lowest BCUT2D eigenvalue weighted by molar-refractivity contribution is -0.132. The standard InChI is InChI=1S/C15H22F3N5O4S/c1-22(28(2,26)27)8-13(24)23-5-3-10(4-6-23)11-7-12(21-20-11)14(25)19-9-15(16,17)18/h7,10H,3-6,8-9H2,1-2H3,(H,19,25)(H,20,21). The van der Waals surface area contributed by atoms with Crippen molar-refractivity contribution in [3.05, 3.63) is 17.5 Å². The summed E-state index contributed by atoms with van der Waals surface area (Å²) in [6, 6.07) is 1.41. The number of H-pyrrole nitrogens is 1. The highest BCUT2D eigenvalue weighted by molar-refractivity contribution is 7.88. The molecule has 2 rings (SSSR count). The molecule has 2 amide bonds. The normalized spacial score (nSPS) is 16.4. The molecule has 0 aromatic carbocycles. The number of rotatable bonds is 6. The molecule has 158 valence electrons. The summed E-state index contributed by atoms with van der Waals surface area (Å²) in [7, 11) is -2.12. The summed E-state index contributed by atoms with van der Waals surface area (Å²) in [5.74, 6) is -1.26. The minimum Gasteiger partial charge on any atom is -0.342 e. The largest absolute Gasteiger partial charge is 0.405 e. The average Bonchev–Trinajstić information content (AvgIpc) is 3.08. The Morgan fingerprint density at radius 1 is 1.36 bits per heavy atom. The second kappa shape index (κ2) is 8.47. The Bertz CT molecular complexity index is 816. The molecule has 0 atom stereocenters. The SMILES string of the molecule is CN(CC(=O)N1CCC(c2cc(C(=O)NCC(F)(F)F)n[nH]2)CC1)S(C)(=O)=O. The van der Waals surface area contributed by atoms with Gasteiger partial charge in [-0.15, -0.1) is 0 Å². The fourth-order valence-electron chi connectivity index (χ4n) is 2.78. The van der Waals surface area contributed by atoms with Crippen LogP contribution >= 0.6 is 0 Å². The molecule has 1 saturated heterocycles. The lowest BCUT2D eigenvalue weighted by Crippen LogP contribution is -2.44. The summed E-state index contributed by atoms with van der Waals surface area (Å²) in [4.78, 5) is 25.5. The molecule has 2 N–H and O–H groups in total. The third kappa shape index (κ3) is 6.19. The quantitative estimate of drug-likeness (QED) is 0.680. The lowest BCUT2D eigenvalue weighted by atomic mass is 9.93. The van der Waals surface area contributed by atoms with E-state index in [1.165, 1.54) is 13.1 Å². The van der Waals surface area contributed by atoms with Gasteiger partial charge in [0.1, 0.15) is 12.2 Å². The molecule has 13 heteroatoms. The molecule has 9 nitrogen and oxygen atoms in total. The van der Waals surface area contributed by atoms with Crippen molar-refractivity contribution in [3.8, 4) is 0 Å². The Balaban J connectivity index is 1.87. The van der Waals surface area contributed by atoms with Crippen molar-refractivity contribution in [3.63, 3.8) is 0 Å². The maximum Gasteiger partial charge on any atom is 0.405 e. The van der Waals surface area contributed by atoms with E-state index in [2.05, 4.69) is 10.2 Å². The second-order valence-electron chi connectivity index (χ2n) is 6.68. The van der Waals surface area contributed by atoms with Crippen molar-refractivity contribution < 1.29 is 31.2 Å². The van der Waals surface area contributed by atoms with Gasteiger partial charge in [0.15, 0.2) is 0 Å². The van der Waals surface area contributed by atoms with Crippen LogP contribution in [-0.2, 0) is 14.8 Å². The molecule has 0 aliphatic carbocycles. The number of hydrogen-bond donors (Lipinski definition) is 2. The van der Waals surface area contributed by atoms with Crippen LogP contribution in [0.1, 0.15) is 34.9 Å². The van der Waals surface area contributed by atoms with E-state index in [0.717, 1.165) is 10.6 Å². The molecule has 0 saturated carbocycles. The molecule has 0 bridgehead atoms. The van der Waals surface area contributed by atoms with Crippen molar-refractivity contribution in [1.29, 1.82) is 0 Å². The first-order valence-electron chi connectivity index (χ1n) is 8.46. The van der Waals surface area contributed by atoms with Gasteiger partial charge < -0.3 is 10.2 Å². The van der Waals surface area contributed by atoms with Crippen LogP contribution in [0.4, 0.5) is 13.2 Å². The second-order valence-corrected chi connectivity index (χ2v) is 8.77. The summed E-state index contributed by atoms with van der Waals surface area (Å²) in [5, 5.41) is 8.18. The van der Waals surface area contributed by atoms with Gasteiger partial charge in [-0.3, -0.25) is 14.7 Å². The average molecular weight is 425 g/mol. The maximum atomic E-state index is 12.2. The highest BCUT2D eigenvalue weighted by atomic mass is 32.2. The molecule has 0 spiro atoms. The number of aromatic nitrogens is 2. The van der Waals surface area contributed by atoms with E-state index < -0.39 is 28.7 Å². The van der Waals surface area contributed by atoms with Crippen molar-refractivity contribution in [1.82, 2.24) is 24.7 Å². The number of piperidine rings is 1. The van der Waals surface area contributed by atoms with E-state index in [1.54, 1.807) is 10.2 Å². The third-order valence-electron chi connectivity index (χ3n) is 4.49. The Morgan fingerprint density at radius 2 is 1.96 bits per heavy atom. The number of likely N-dealkylation sites (tertiary alicyclic amines) is 1. The van der Waals surface area contributed by atoms with Crippen LogP contribution in [0.25, 0.3) is 0 Å². The van der Waals surface area contributed by atoms with Crippen LogP contribution in [-0.4, -0.2) is 85.3 Å². The van der Waals surface area contributed by atoms with Gasteiger partial charge in [-0.05, 0) is 18.9 Å². The van der Waals surface area contributed by atoms with Gasteiger partial charge >= 0.3 is 6.18 Å². The van der Waals surface area contributed by atoms with Crippen LogP contribution in [0.2, 0.25) is 0 Å². The number of amides is 2. The Hall–Kier alpha value is -2.15. The van der Waals surface area contributed by atoms with Gasteiger partial charge in [-0.2, -0.15) is 22.6 Å². The number of hydrogen-bond acceptors (Lipinski definition) is 5. The van der Waals surface area contributed by atoms with Crippen LogP contribution < -0.4 is 5.32 Å². The molecule has 1 aromatic rings. The number of carbonyl (C=O) groups is 2. The lowest BCUT2D eigenvalue weighted by Gasteiger charge is -2.32. The summed E-state index contributed by atoms with van der Waals surface area (Å²) in [6.07, 6.45) is -2.37. The van der Waals surface area contributed by atoms with Gasteiger partial charge in [0, 0.05) is 31.7 Å². The third-order valence-corrected chi connectivity index (χ3v) is 5.75. The zero-order valence-electron chi connectivity index (χ0n) is 15.4. The minimum absolute atomic E-state index is 0.0339. The molecule has 28 heavy (non-hydrogen) atoms. The van der Waals surface area contributed by atoms with Gasteiger partial charge in [-0.1, -0.05) is 0 Å². The molecular weight excluding hydrogens is 403 g/mol. The van der Waals surface area contributed by atoms with Gasteiger partial charge in [0.05, 0.1) is 12.8 Å². The molecule has 1 aromatic heterocycles. The Kier molecular flexibility index (Phi) is 6.70. The molecule has 0 unspecified atom stereocenters. The summed E-state index contributed by atoms with van der Waals surface area (Å²) < 4.78 is 60.3. The fourth-order valence-corrected chi connectivity index (χ4v) is 3.13. The van der Waals surface area contributed by atoms with Gasteiger partial charge in [0.25, 0.3) is 5.91 Å². The zero-order chi connectivity index (χ0) is 21.1. The number of aromatic amines is 1. The number of nitrogens with one attached hydrogen (secondary N) is 2. The maximum absolute atomic E-state index is 12.2. The van der Waals surface area contributed by atoms with E-state index in [-0.39, 0.29) is 24.1 Å². The van der Waals surface area contributed by atoms with Crippen LogP contribution in [0.15, 0.2) is 6.07 Å². The fraction of sp³-hybridized carbons (Fsp3) is 0.667. The van der Waals surface area contributed by atoms with E-state index in [4.69, 9.17) is 0 Å². The Labute approximate surface area is 160 Å². The molecule has 1 fully saturated rings. The number of halogens is 3. The van der Waals surface area contributed by atoms with Crippen LogP contribution in [0.5, 0.6) is 0 Å². The highest BCUT2D eigenvalue weighted by Crippen LogP contribution is 2.27. The van der Waals surface area contributed by atoms with Crippen molar-refractivity contribution in [2.24, 2.45) is 0 Å². The predicted molar refractivity (Wildman–Crippen MR) is 93.0 cm³/mol. The summed E-state index contributed by atoms with van der Waals surface area (Å²) >= 11 is 0. The summed E-state index contributed by atoms with van der Waals surface area (Å²) in [6.45, 7) is -0.876. The van der Waals surface area contributed by atoms with E-state index in [0.29, 0.717) is 31.6 Å². The van der Waals surface area contributed by atoms with Gasteiger partial charge in [0.2, 0.25) is 15.9 Å². The zero-order valence-corrected chi connectivity index (χ0v) is 16.2. The number of carbonyl (C=O) groups excluding carboxylic acids is 2. The van der Waals surface area contributed by atoms with Crippen molar-refractivity contribution in [2.75, 3.05) is 39.5 Å². The molecule has 2 heterocycles. The summed E-state index contributed by atoms with van der Waals surface area (Å²) in [5.41, 5.74) is 0.477.